The van der Waals surface area contributed by atoms with Crippen LogP contribution < -0.4 is 10.2 Å². The van der Waals surface area contributed by atoms with E-state index in [0.717, 1.165) is 44.3 Å². The van der Waals surface area contributed by atoms with Gasteiger partial charge in [-0.15, -0.1) is 5.10 Å². The Balaban J connectivity index is 1.44. The lowest BCUT2D eigenvalue weighted by Gasteiger charge is -2.41. The Bertz CT molecular complexity index is 1030. The zero-order valence-corrected chi connectivity index (χ0v) is 19.6. The molecule has 4 rings (SSSR count). The van der Waals surface area contributed by atoms with Gasteiger partial charge in [0.2, 0.25) is 11.8 Å². The van der Waals surface area contributed by atoms with Crippen molar-refractivity contribution in [3.8, 4) is 0 Å². The first-order chi connectivity index (χ1) is 15.5. The molecule has 1 saturated heterocycles. The van der Waals surface area contributed by atoms with Crippen LogP contribution >= 0.6 is 0 Å². The summed E-state index contributed by atoms with van der Waals surface area (Å²) in [7, 11) is 2.15. The molecule has 3 N–H and O–H groups in total. The topological polar surface area (TPSA) is 92.9 Å². The highest BCUT2D eigenvalue weighted by Crippen LogP contribution is 2.21. The summed E-state index contributed by atoms with van der Waals surface area (Å²) in [5.74, 6) is 0.684. The molecule has 0 radical (unpaired) electrons. The standard InChI is InChI=1S/C24H35N7O/c1-5-6-9-19(12-18-13-25-21-11-8-7-10-20(18)21)26-23(32)22-27-24(29-28-22)31-14-16(2)30(4)17(3)15-31/h7-8,10-11,13,16-17,19,25H,5-6,9,12,14-15H2,1-4H3,(H,26,32)(H,27,28,29)/t16-,17-,19?/m1/s1. The first-order valence-corrected chi connectivity index (χ1v) is 11.7. The summed E-state index contributed by atoms with van der Waals surface area (Å²) < 4.78 is 0. The number of carbonyl (C=O) groups is 1. The molecule has 8 nitrogen and oxygen atoms in total. The maximum absolute atomic E-state index is 13.0. The highest BCUT2D eigenvalue weighted by atomic mass is 16.2. The number of hydrogen-bond donors (Lipinski definition) is 3. The molecule has 3 atom stereocenters. The fourth-order valence-electron chi connectivity index (χ4n) is 4.56. The van der Waals surface area contributed by atoms with E-state index in [2.05, 4.69) is 87.5 Å². The van der Waals surface area contributed by atoms with Crippen LogP contribution in [0.25, 0.3) is 10.9 Å². The summed E-state index contributed by atoms with van der Waals surface area (Å²) in [5.41, 5.74) is 2.35. The van der Waals surface area contributed by atoms with Crippen LogP contribution in [0.1, 0.15) is 56.2 Å². The van der Waals surface area contributed by atoms with E-state index in [1.54, 1.807) is 0 Å². The molecule has 1 aromatic carbocycles. The van der Waals surface area contributed by atoms with Crippen molar-refractivity contribution in [2.24, 2.45) is 0 Å². The number of aromatic nitrogens is 4. The third kappa shape index (κ3) is 4.80. The minimum atomic E-state index is -0.195. The van der Waals surface area contributed by atoms with E-state index in [1.165, 1.54) is 10.9 Å². The van der Waals surface area contributed by atoms with E-state index in [0.29, 0.717) is 18.0 Å². The van der Waals surface area contributed by atoms with Crippen LogP contribution in [0.3, 0.4) is 0 Å². The normalized spacial score (nSPS) is 20.6. The van der Waals surface area contributed by atoms with Crippen LogP contribution in [-0.2, 0) is 6.42 Å². The Hall–Kier alpha value is -2.87. The number of piperazine rings is 1. The molecule has 3 heterocycles. The van der Waals surface area contributed by atoms with Gasteiger partial charge in [0.05, 0.1) is 0 Å². The van der Waals surface area contributed by atoms with E-state index in [4.69, 9.17) is 0 Å². The van der Waals surface area contributed by atoms with Gasteiger partial charge in [-0.3, -0.25) is 14.8 Å². The van der Waals surface area contributed by atoms with E-state index >= 15 is 0 Å². The van der Waals surface area contributed by atoms with Crippen molar-refractivity contribution in [3.63, 3.8) is 0 Å². The Kier molecular flexibility index (Phi) is 6.79. The monoisotopic (exact) mass is 437 g/mol. The highest BCUT2D eigenvalue weighted by molar-refractivity contribution is 5.91. The Morgan fingerprint density at radius 2 is 2.00 bits per heavy atom. The van der Waals surface area contributed by atoms with Gasteiger partial charge in [0.1, 0.15) is 0 Å². The average molecular weight is 438 g/mol. The predicted molar refractivity (Wildman–Crippen MR) is 128 cm³/mol. The van der Waals surface area contributed by atoms with Gasteiger partial charge in [-0.05, 0) is 45.4 Å². The van der Waals surface area contributed by atoms with Crippen molar-refractivity contribution < 1.29 is 4.79 Å². The van der Waals surface area contributed by atoms with Crippen LogP contribution in [0, 0.1) is 0 Å². The average Bonchev–Trinajstić information content (AvgIpc) is 3.43. The first-order valence-electron chi connectivity index (χ1n) is 11.7. The molecule has 172 valence electrons. The summed E-state index contributed by atoms with van der Waals surface area (Å²) in [4.78, 5) is 25.4. The first kappa shape index (κ1) is 22.3. The zero-order valence-electron chi connectivity index (χ0n) is 19.6. The molecule has 8 heteroatoms. The number of H-pyrrole nitrogens is 2. The molecule has 2 aromatic heterocycles. The van der Waals surface area contributed by atoms with Crippen molar-refractivity contribution in [2.75, 3.05) is 25.0 Å². The molecule has 0 spiro atoms. The molecule has 32 heavy (non-hydrogen) atoms. The molecule has 0 bridgehead atoms. The molecule has 1 aliphatic heterocycles. The minimum Gasteiger partial charge on any atom is -0.361 e. The number of aromatic amines is 2. The maximum atomic E-state index is 13.0. The zero-order chi connectivity index (χ0) is 22.7. The smallest absolute Gasteiger partial charge is 0.288 e. The molecular weight excluding hydrogens is 402 g/mol. The van der Waals surface area contributed by atoms with Crippen molar-refractivity contribution in [1.29, 1.82) is 0 Å². The van der Waals surface area contributed by atoms with Crippen molar-refractivity contribution in [1.82, 2.24) is 30.4 Å². The largest absolute Gasteiger partial charge is 0.361 e. The summed E-state index contributed by atoms with van der Waals surface area (Å²) in [6, 6.07) is 9.14. The lowest BCUT2D eigenvalue weighted by Crippen LogP contribution is -2.55. The second kappa shape index (κ2) is 9.73. The number of para-hydroxylation sites is 1. The number of likely N-dealkylation sites (N-methyl/N-ethyl adjacent to an activating group) is 1. The molecule has 1 fully saturated rings. The number of amides is 1. The number of anilines is 1. The molecule has 0 aliphatic carbocycles. The van der Waals surface area contributed by atoms with Gasteiger partial charge in [-0.1, -0.05) is 38.0 Å². The molecule has 3 aromatic rings. The molecule has 1 amide bonds. The van der Waals surface area contributed by atoms with Gasteiger partial charge in [0.15, 0.2) is 0 Å². The van der Waals surface area contributed by atoms with Gasteiger partial charge >= 0.3 is 0 Å². The maximum Gasteiger partial charge on any atom is 0.288 e. The number of rotatable bonds is 8. The molecule has 1 unspecified atom stereocenters. The van der Waals surface area contributed by atoms with Crippen LogP contribution in [0.4, 0.5) is 5.95 Å². The molecule has 0 saturated carbocycles. The van der Waals surface area contributed by atoms with E-state index in [9.17, 15) is 4.79 Å². The Labute approximate surface area is 189 Å². The Morgan fingerprint density at radius 1 is 1.25 bits per heavy atom. The van der Waals surface area contributed by atoms with Crippen LogP contribution in [0.2, 0.25) is 0 Å². The fraction of sp³-hybridized carbons (Fsp3) is 0.542. The molecule has 1 aliphatic rings. The van der Waals surface area contributed by atoms with E-state index in [1.807, 2.05) is 6.07 Å². The van der Waals surface area contributed by atoms with Gasteiger partial charge < -0.3 is 15.2 Å². The lowest BCUT2D eigenvalue weighted by molar-refractivity contribution is 0.0924. The van der Waals surface area contributed by atoms with Gasteiger partial charge in [0.25, 0.3) is 5.91 Å². The summed E-state index contributed by atoms with van der Waals surface area (Å²) in [6.07, 6.45) is 5.91. The lowest BCUT2D eigenvalue weighted by atomic mass is 10.0. The number of benzene rings is 1. The summed E-state index contributed by atoms with van der Waals surface area (Å²) in [5, 5.41) is 11.6. The number of nitrogens with zero attached hydrogens (tertiary/aromatic N) is 4. The predicted octanol–water partition coefficient (Wildman–Crippen LogP) is 3.35. The second-order valence-electron chi connectivity index (χ2n) is 9.13. The minimum absolute atomic E-state index is 0.0406. The third-order valence-corrected chi connectivity index (χ3v) is 6.71. The van der Waals surface area contributed by atoms with Crippen molar-refractivity contribution in [3.05, 3.63) is 41.9 Å². The molecular formula is C24H35N7O. The van der Waals surface area contributed by atoms with Crippen LogP contribution in [0.5, 0.6) is 0 Å². The number of fused-ring (bicyclic) bond motifs is 1. The second-order valence-corrected chi connectivity index (χ2v) is 9.13. The van der Waals surface area contributed by atoms with E-state index < -0.39 is 0 Å². The van der Waals surface area contributed by atoms with E-state index in [-0.39, 0.29) is 17.8 Å². The van der Waals surface area contributed by atoms with Crippen molar-refractivity contribution >= 4 is 22.8 Å². The van der Waals surface area contributed by atoms with Crippen LogP contribution in [-0.4, -0.2) is 69.2 Å². The summed E-state index contributed by atoms with van der Waals surface area (Å²) >= 11 is 0. The SMILES string of the molecule is CCCCC(Cc1c[nH]c2ccccc12)NC(=O)c1nc(N2C[C@@H](C)N(C)[C@H](C)C2)n[nH]1. The number of hydrogen-bond acceptors (Lipinski definition) is 5. The number of carbonyl (C=O) groups excluding carboxylic acids is 1. The quantitative estimate of drug-likeness (QED) is 0.503. The van der Waals surface area contributed by atoms with Gasteiger partial charge in [-0.2, -0.15) is 4.98 Å². The summed E-state index contributed by atoms with van der Waals surface area (Å²) in [6.45, 7) is 8.27. The van der Waals surface area contributed by atoms with Crippen molar-refractivity contribution in [2.45, 2.75) is 64.6 Å². The highest BCUT2D eigenvalue weighted by Gasteiger charge is 2.29. The third-order valence-electron chi connectivity index (χ3n) is 6.71. The van der Waals surface area contributed by atoms with Gasteiger partial charge in [0, 0.05) is 48.3 Å². The van der Waals surface area contributed by atoms with Crippen LogP contribution in [0.15, 0.2) is 30.5 Å². The fourth-order valence-corrected chi connectivity index (χ4v) is 4.56. The Morgan fingerprint density at radius 3 is 2.75 bits per heavy atom. The number of unbranched alkanes of at least 4 members (excludes halogenated alkanes) is 1. The number of nitrogens with one attached hydrogen (secondary N) is 3. The van der Waals surface area contributed by atoms with Gasteiger partial charge in [-0.25, -0.2) is 0 Å².